The molecule has 2 aromatic carbocycles. The number of hydrogen-bond donors (Lipinski definition) is 3. The third-order valence-electron chi connectivity index (χ3n) is 3.84. The van der Waals surface area contributed by atoms with Crippen LogP contribution in [0.5, 0.6) is 5.75 Å². The predicted molar refractivity (Wildman–Crippen MR) is 100 cm³/mol. The van der Waals surface area contributed by atoms with Gasteiger partial charge in [-0.1, -0.05) is 0 Å². The Hall–Kier alpha value is -3.55. The zero-order valence-electron chi connectivity index (χ0n) is 14.9. The molecule has 8 heteroatoms. The topological polar surface area (TPSA) is 106 Å². The quantitative estimate of drug-likeness (QED) is 0.767. The molecule has 0 bridgehead atoms. The number of carbonyl (C=O) groups excluding carboxylic acids is 3. The van der Waals surface area contributed by atoms with Crippen molar-refractivity contribution in [3.05, 3.63) is 48.0 Å². The molecule has 0 spiro atoms. The first-order chi connectivity index (χ1) is 13.0. The van der Waals surface area contributed by atoms with Gasteiger partial charge in [0.2, 0.25) is 0 Å². The number of benzene rings is 2. The van der Waals surface area contributed by atoms with Crippen LogP contribution in [0.4, 0.5) is 21.9 Å². The molecule has 2 aromatic rings. The Balaban J connectivity index is 1.66. The van der Waals surface area contributed by atoms with Crippen LogP contribution in [0.3, 0.4) is 0 Å². The minimum Gasteiger partial charge on any atom is -0.479 e. The summed E-state index contributed by atoms with van der Waals surface area (Å²) in [6.07, 6.45) is -1.11. The smallest absolute Gasteiger partial charge is 0.411 e. The second-order valence-corrected chi connectivity index (χ2v) is 5.84. The number of amides is 3. The first kappa shape index (κ1) is 18.2. The fourth-order valence-corrected chi connectivity index (χ4v) is 2.48. The molecule has 0 aliphatic carbocycles. The van der Waals surface area contributed by atoms with E-state index in [1.165, 1.54) is 0 Å². The molecule has 0 unspecified atom stereocenters. The molecule has 140 valence electrons. The van der Waals surface area contributed by atoms with E-state index >= 15 is 0 Å². The van der Waals surface area contributed by atoms with Crippen molar-refractivity contribution < 1.29 is 23.9 Å². The van der Waals surface area contributed by atoms with Gasteiger partial charge in [0.1, 0.15) is 5.75 Å². The summed E-state index contributed by atoms with van der Waals surface area (Å²) in [5.41, 5.74) is 1.96. The number of fused-ring (bicyclic) bond motifs is 1. The van der Waals surface area contributed by atoms with Gasteiger partial charge < -0.3 is 20.1 Å². The van der Waals surface area contributed by atoms with Gasteiger partial charge in [0.25, 0.3) is 11.8 Å². The van der Waals surface area contributed by atoms with Gasteiger partial charge in [0.05, 0.1) is 12.3 Å². The summed E-state index contributed by atoms with van der Waals surface area (Å²) in [7, 11) is 0. The number of hydrogen-bond acceptors (Lipinski definition) is 5. The van der Waals surface area contributed by atoms with Crippen LogP contribution in [0.15, 0.2) is 42.5 Å². The minimum absolute atomic E-state index is 0.240. The Kier molecular flexibility index (Phi) is 5.25. The van der Waals surface area contributed by atoms with E-state index in [4.69, 9.17) is 9.47 Å². The Labute approximate surface area is 155 Å². The van der Waals surface area contributed by atoms with Crippen LogP contribution in [-0.2, 0) is 9.53 Å². The maximum atomic E-state index is 12.4. The number of carbonyl (C=O) groups is 3. The van der Waals surface area contributed by atoms with Crippen LogP contribution >= 0.6 is 0 Å². The van der Waals surface area contributed by atoms with E-state index in [2.05, 4.69) is 16.0 Å². The van der Waals surface area contributed by atoms with Gasteiger partial charge in [-0.25, -0.2) is 4.79 Å². The summed E-state index contributed by atoms with van der Waals surface area (Å²) >= 11 is 0. The highest BCUT2D eigenvalue weighted by Gasteiger charge is 2.23. The van der Waals surface area contributed by atoms with Gasteiger partial charge in [0.15, 0.2) is 6.10 Å². The summed E-state index contributed by atoms with van der Waals surface area (Å²) in [5, 5.41) is 8.04. The summed E-state index contributed by atoms with van der Waals surface area (Å²) in [5.74, 6) is -0.0146. The fourth-order valence-electron chi connectivity index (χ4n) is 2.48. The Morgan fingerprint density at radius 1 is 1.11 bits per heavy atom. The normalized spacial score (nSPS) is 15.0. The largest absolute Gasteiger partial charge is 0.479 e. The van der Waals surface area contributed by atoms with Gasteiger partial charge in [0, 0.05) is 16.9 Å². The van der Waals surface area contributed by atoms with Gasteiger partial charge in [-0.05, 0) is 56.3 Å². The standard InChI is InChI=1S/C19H19N3O5/c1-3-26-19(25)21-13-6-4-12(5-7-13)18(24)20-14-8-9-16-15(10-14)22-17(23)11(2)27-16/h4-11H,3H2,1-2H3,(H,20,24)(H,21,25)(H,22,23)/t11-/m1/s1. The molecule has 0 fully saturated rings. The van der Waals surface area contributed by atoms with Crippen LogP contribution in [0.25, 0.3) is 0 Å². The number of nitrogens with one attached hydrogen (secondary N) is 3. The van der Waals surface area contributed by atoms with Crippen molar-refractivity contribution in [1.82, 2.24) is 0 Å². The summed E-state index contributed by atoms with van der Waals surface area (Å²) < 4.78 is 10.3. The maximum absolute atomic E-state index is 12.4. The average molecular weight is 369 g/mol. The average Bonchev–Trinajstić information content (AvgIpc) is 2.63. The van der Waals surface area contributed by atoms with Crippen LogP contribution < -0.4 is 20.7 Å². The Morgan fingerprint density at radius 2 is 1.81 bits per heavy atom. The van der Waals surface area contributed by atoms with Crippen LogP contribution in [0, 0.1) is 0 Å². The van der Waals surface area contributed by atoms with E-state index in [0.717, 1.165) is 0 Å². The van der Waals surface area contributed by atoms with Gasteiger partial charge in [-0.3, -0.25) is 14.9 Å². The number of anilines is 3. The van der Waals surface area contributed by atoms with E-state index in [1.807, 2.05) is 0 Å². The number of ether oxygens (including phenoxy) is 2. The van der Waals surface area contributed by atoms with Crippen molar-refractivity contribution in [2.75, 3.05) is 22.6 Å². The van der Waals surface area contributed by atoms with Crippen molar-refractivity contribution in [3.63, 3.8) is 0 Å². The maximum Gasteiger partial charge on any atom is 0.411 e. The molecule has 1 aliphatic rings. The molecule has 0 saturated carbocycles. The third kappa shape index (κ3) is 4.35. The van der Waals surface area contributed by atoms with E-state index in [-0.39, 0.29) is 18.4 Å². The molecule has 0 saturated heterocycles. The van der Waals surface area contributed by atoms with Crippen molar-refractivity contribution in [2.45, 2.75) is 20.0 Å². The molecule has 1 atom stereocenters. The SMILES string of the molecule is CCOC(=O)Nc1ccc(C(=O)Nc2ccc3c(c2)NC(=O)[C@@H](C)O3)cc1. The van der Waals surface area contributed by atoms with E-state index < -0.39 is 12.2 Å². The van der Waals surface area contributed by atoms with E-state index in [1.54, 1.807) is 56.3 Å². The molecule has 0 aromatic heterocycles. The van der Waals surface area contributed by atoms with Gasteiger partial charge >= 0.3 is 6.09 Å². The highest BCUT2D eigenvalue weighted by Crippen LogP contribution is 2.32. The lowest BCUT2D eigenvalue weighted by atomic mass is 10.1. The molecule has 1 aliphatic heterocycles. The molecule has 0 radical (unpaired) electrons. The van der Waals surface area contributed by atoms with Crippen molar-refractivity contribution in [1.29, 1.82) is 0 Å². The van der Waals surface area contributed by atoms with E-state index in [0.29, 0.717) is 28.4 Å². The molecule has 3 rings (SSSR count). The second kappa shape index (κ2) is 7.77. The second-order valence-electron chi connectivity index (χ2n) is 5.84. The molecule has 27 heavy (non-hydrogen) atoms. The molecular formula is C19H19N3O5. The zero-order chi connectivity index (χ0) is 19.4. The molecule has 3 N–H and O–H groups in total. The molecule has 8 nitrogen and oxygen atoms in total. The Morgan fingerprint density at radius 3 is 2.52 bits per heavy atom. The highest BCUT2D eigenvalue weighted by molar-refractivity contribution is 6.05. The molecular weight excluding hydrogens is 350 g/mol. The monoisotopic (exact) mass is 369 g/mol. The fraction of sp³-hybridized carbons (Fsp3) is 0.211. The first-order valence-corrected chi connectivity index (χ1v) is 8.43. The van der Waals surface area contributed by atoms with Gasteiger partial charge in [-0.15, -0.1) is 0 Å². The Bertz CT molecular complexity index is 879. The van der Waals surface area contributed by atoms with E-state index in [9.17, 15) is 14.4 Å². The van der Waals surface area contributed by atoms with Crippen molar-refractivity contribution in [3.8, 4) is 5.75 Å². The minimum atomic E-state index is -0.556. The lowest BCUT2D eigenvalue weighted by molar-refractivity contribution is -0.122. The number of rotatable bonds is 4. The summed E-state index contributed by atoms with van der Waals surface area (Å²) in [4.78, 5) is 35.5. The molecule has 1 heterocycles. The van der Waals surface area contributed by atoms with Crippen molar-refractivity contribution in [2.24, 2.45) is 0 Å². The predicted octanol–water partition coefficient (Wildman–Crippen LogP) is 3.23. The van der Waals surface area contributed by atoms with Crippen molar-refractivity contribution >= 4 is 35.0 Å². The van der Waals surface area contributed by atoms with Gasteiger partial charge in [-0.2, -0.15) is 0 Å². The van der Waals surface area contributed by atoms with Crippen LogP contribution in [0.1, 0.15) is 24.2 Å². The molecule has 3 amide bonds. The van der Waals surface area contributed by atoms with Crippen LogP contribution in [-0.4, -0.2) is 30.6 Å². The first-order valence-electron chi connectivity index (χ1n) is 8.43. The van der Waals surface area contributed by atoms with Crippen LogP contribution in [0.2, 0.25) is 0 Å². The lowest BCUT2D eigenvalue weighted by Gasteiger charge is -2.23. The summed E-state index contributed by atoms with van der Waals surface area (Å²) in [6, 6.07) is 11.4. The lowest BCUT2D eigenvalue weighted by Crippen LogP contribution is -2.34. The highest BCUT2D eigenvalue weighted by atomic mass is 16.5. The third-order valence-corrected chi connectivity index (χ3v) is 3.84. The zero-order valence-corrected chi connectivity index (χ0v) is 14.9. The summed E-state index contributed by atoms with van der Waals surface area (Å²) in [6.45, 7) is 3.65.